The number of carbonyl (C=O) groups excluding carboxylic acids is 1. The maximum atomic E-state index is 12.6. The van der Waals surface area contributed by atoms with Gasteiger partial charge in [-0.2, -0.15) is 0 Å². The van der Waals surface area contributed by atoms with Crippen LogP contribution < -0.4 is 5.32 Å². The minimum atomic E-state index is -3.06. The average molecular weight is 342 g/mol. The lowest BCUT2D eigenvalue weighted by molar-refractivity contribution is 0.0911. The number of aromatic amines is 1. The van der Waals surface area contributed by atoms with Crippen molar-refractivity contribution in [1.29, 1.82) is 0 Å². The molecule has 6 heteroatoms. The minimum absolute atomic E-state index is 0.00506. The summed E-state index contributed by atoms with van der Waals surface area (Å²) in [7, 11) is -3.06. The molecule has 124 valence electrons. The number of sulfone groups is 1. The molecule has 0 saturated carbocycles. The Morgan fingerprint density at radius 2 is 1.96 bits per heavy atom. The van der Waals surface area contributed by atoms with Crippen LogP contribution in [-0.4, -0.2) is 36.4 Å². The van der Waals surface area contributed by atoms with Crippen LogP contribution in [0.1, 0.15) is 23.8 Å². The second kappa shape index (κ2) is 5.08. The van der Waals surface area contributed by atoms with Crippen molar-refractivity contribution in [3.8, 4) is 0 Å². The summed E-state index contributed by atoms with van der Waals surface area (Å²) in [6.45, 7) is 1.79. The van der Waals surface area contributed by atoms with Crippen LogP contribution in [0.25, 0.3) is 21.7 Å². The van der Waals surface area contributed by atoms with Gasteiger partial charge >= 0.3 is 0 Å². The fraction of sp³-hybridized carbons (Fsp3) is 0.278. The summed E-state index contributed by atoms with van der Waals surface area (Å²) in [5, 5.41) is 6.07. The number of H-pyrrole nitrogens is 1. The molecular formula is C18H18N2O3S. The zero-order valence-electron chi connectivity index (χ0n) is 13.3. The molecule has 1 aliphatic heterocycles. The molecular weight excluding hydrogens is 324 g/mol. The van der Waals surface area contributed by atoms with E-state index >= 15 is 0 Å². The van der Waals surface area contributed by atoms with Crippen LogP contribution in [0, 0.1) is 0 Å². The quantitative estimate of drug-likeness (QED) is 0.751. The first-order valence-electron chi connectivity index (χ1n) is 7.89. The van der Waals surface area contributed by atoms with Crippen LogP contribution in [0.3, 0.4) is 0 Å². The molecule has 1 atom stereocenters. The van der Waals surface area contributed by atoms with Crippen LogP contribution in [0.5, 0.6) is 0 Å². The van der Waals surface area contributed by atoms with Gasteiger partial charge in [0, 0.05) is 10.9 Å². The van der Waals surface area contributed by atoms with E-state index in [9.17, 15) is 13.2 Å². The molecule has 0 radical (unpaired) electrons. The van der Waals surface area contributed by atoms with Crippen LogP contribution in [0.2, 0.25) is 0 Å². The summed E-state index contributed by atoms with van der Waals surface area (Å²) < 4.78 is 23.4. The molecule has 0 bridgehead atoms. The monoisotopic (exact) mass is 342 g/mol. The Morgan fingerprint density at radius 3 is 2.71 bits per heavy atom. The lowest BCUT2D eigenvalue weighted by Crippen LogP contribution is -2.47. The fourth-order valence-electron chi connectivity index (χ4n) is 3.46. The molecule has 4 rings (SSSR count). The van der Waals surface area contributed by atoms with Crippen LogP contribution in [0.4, 0.5) is 0 Å². The van der Waals surface area contributed by atoms with Gasteiger partial charge in [-0.05, 0) is 36.2 Å². The molecule has 5 nitrogen and oxygen atoms in total. The third kappa shape index (κ3) is 2.57. The van der Waals surface area contributed by atoms with E-state index in [1.54, 1.807) is 6.92 Å². The van der Waals surface area contributed by atoms with E-state index in [2.05, 4.69) is 10.3 Å². The summed E-state index contributed by atoms with van der Waals surface area (Å²) in [5.74, 6) is -0.148. The first-order chi connectivity index (χ1) is 11.4. The van der Waals surface area contributed by atoms with Crippen molar-refractivity contribution < 1.29 is 13.2 Å². The second-order valence-electron chi connectivity index (χ2n) is 6.79. The number of aromatic nitrogens is 1. The maximum absolute atomic E-state index is 12.6. The predicted molar refractivity (Wildman–Crippen MR) is 94.9 cm³/mol. The van der Waals surface area contributed by atoms with E-state index in [0.717, 1.165) is 21.7 Å². The van der Waals surface area contributed by atoms with Crippen molar-refractivity contribution in [3.05, 3.63) is 48.2 Å². The average Bonchev–Trinajstić information content (AvgIpc) is 3.08. The number of hydrogen-bond acceptors (Lipinski definition) is 3. The zero-order chi connectivity index (χ0) is 16.9. The molecule has 0 unspecified atom stereocenters. The van der Waals surface area contributed by atoms with Crippen molar-refractivity contribution in [3.63, 3.8) is 0 Å². The summed E-state index contributed by atoms with van der Waals surface area (Å²) in [6.07, 6.45) is 0.449. The number of carbonyl (C=O) groups is 1. The molecule has 1 saturated heterocycles. The van der Waals surface area contributed by atoms with E-state index in [1.807, 2.05) is 42.5 Å². The highest BCUT2D eigenvalue weighted by molar-refractivity contribution is 7.91. The highest BCUT2D eigenvalue weighted by Crippen LogP contribution is 2.27. The van der Waals surface area contributed by atoms with Gasteiger partial charge in [0.15, 0.2) is 9.84 Å². The molecule has 1 aromatic heterocycles. The Kier molecular flexibility index (Phi) is 3.22. The van der Waals surface area contributed by atoms with Gasteiger partial charge in [0.05, 0.1) is 17.0 Å². The Morgan fingerprint density at radius 1 is 1.17 bits per heavy atom. The summed E-state index contributed by atoms with van der Waals surface area (Å²) in [6, 6.07) is 13.8. The topological polar surface area (TPSA) is 79.0 Å². The normalized spacial score (nSPS) is 22.9. The number of nitrogens with one attached hydrogen (secondary N) is 2. The molecule has 1 fully saturated rings. The number of rotatable bonds is 2. The van der Waals surface area contributed by atoms with Gasteiger partial charge in [0.25, 0.3) is 5.91 Å². The molecule has 0 aliphatic carbocycles. The van der Waals surface area contributed by atoms with Crippen molar-refractivity contribution >= 4 is 37.4 Å². The van der Waals surface area contributed by atoms with E-state index < -0.39 is 15.4 Å². The van der Waals surface area contributed by atoms with Gasteiger partial charge in [-0.25, -0.2) is 8.42 Å². The third-order valence-corrected chi connectivity index (χ3v) is 6.60. The fourth-order valence-corrected chi connectivity index (χ4v) is 5.55. The smallest absolute Gasteiger partial charge is 0.268 e. The van der Waals surface area contributed by atoms with Gasteiger partial charge in [0.2, 0.25) is 0 Å². The van der Waals surface area contributed by atoms with Gasteiger partial charge < -0.3 is 10.3 Å². The van der Waals surface area contributed by atoms with Gasteiger partial charge in [-0.1, -0.05) is 30.3 Å². The summed E-state index contributed by atoms with van der Waals surface area (Å²) >= 11 is 0. The third-order valence-electron chi connectivity index (χ3n) is 4.69. The highest BCUT2D eigenvalue weighted by atomic mass is 32.2. The molecule has 1 aliphatic rings. The van der Waals surface area contributed by atoms with Gasteiger partial charge in [-0.15, -0.1) is 0 Å². The lowest BCUT2D eigenvalue weighted by atomic mass is 10.0. The molecule has 0 spiro atoms. The molecule has 3 aromatic rings. The molecule has 2 aromatic carbocycles. The lowest BCUT2D eigenvalue weighted by Gasteiger charge is -2.23. The standard InChI is InChI=1S/C18H18N2O3S/c1-18(8-9-24(22,23)11-18)20-17(21)16-10-14-13-5-3-2-4-12(13)6-7-15(14)19-16/h2-7,10,19H,8-9,11H2,1H3,(H,20,21)/t18-/m1/s1. The number of amides is 1. The van der Waals surface area contributed by atoms with Crippen molar-refractivity contribution in [1.82, 2.24) is 10.3 Å². The first-order valence-corrected chi connectivity index (χ1v) is 9.71. The Labute approximate surface area is 140 Å². The van der Waals surface area contributed by atoms with Crippen LogP contribution in [0.15, 0.2) is 42.5 Å². The molecule has 24 heavy (non-hydrogen) atoms. The second-order valence-corrected chi connectivity index (χ2v) is 8.97. The predicted octanol–water partition coefficient (Wildman–Crippen LogP) is 2.63. The molecule has 2 N–H and O–H groups in total. The van der Waals surface area contributed by atoms with Crippen LogP contribution in [-0.2, 0) is 9.84 Å². The summed E-state index contributed by atoms with van der Waals surface area (Å²) in [5.41, 5.74) is 0.643. The van der Waals surface area contributed by atoms with E-state index in [-0.39, 0.29) is 17.4 Å². The van der Waals surface area contributed by atoms with E-state index in [4.69, 9.17) is 0 Å². The SMILES string of the molecule is C[C@@]1(NC(=O)c2cc3c(ccc4ccccc43)[nH]2)CCS(=O)(=O)C1. The van der Waals surface area contributed by atoms with E-state index in [1.165, 1.54) is 0 Å². The van der Waals surface area contributed by atoms with Gasteiger partial charge in [-0.3, -0.25) is 4.79 Å². The summed E-state index contributed by atoms with van der Waals surface area (Å²) in [4.78, 5) is 15.7. The first kappa shape index (κ1) is 15.2. The Balaban J connectivity index is 1.69. The Hall–Kier alpha value is -2.34. The van der Waals surface area contributed by atoms with Crippen molar-refractivity contribution in [2.24, 2.45) is 0 Å². The van der Waals surface area contributed by atoms with Crippen molar-refractivity contribution in [2.45, 2.75) is 18.9 Å². The van der Waals surface area contributed by atoms with Crippen LogP contribution >= 0.6 is 0 Å². The minimum Gasteiger partial charge on any atom is -0.351 e. The number of fused-ring (bicyclic) bond motifs is 3. The van der Waals surface area contributed by atoms with Gasteiger partial charge in [0.1, 0.15) is 5.69 Å². The maximum Gasteiger partial charge on any atom is 0.268 e. The Bertz CT molecular complexity index is 1070. The number of hydrogen-bond donors (Lipinski definition) is 2. The number of benzene rings is 2. The zero-order valence-corrected chi connectivity index (χ0v) is 14.1. The van der Waals surface area contributed by atoms with Crippen molar-refractivity contribution in [2.75, 3.05) is 11.5 Å². The largest absolute Gasteiger partial charge is 0.351 e. The molecule has 1 amide bonds. The molecule has 2 heterocycles. The highest BCUT2D eigenvalue weighted by Gasteiger charge is 2.39. The van der Waals surface area contributed by atoms with E-state index in [0.29, 0.717) is 12.1 Å².